The predicted molar refractivity (Wildman–Crippen MR) is 69.0 cm³/mol. The molecule has 1 aromatic heterocycles. The number of rotatable bonds is 6. The zero-order valence-corrected chi connectivity index (χ0v) is 10.7. The fourth-order valence-corrected chi connectivity index (χ4v) is 2.02. The molecule has 1 atom stereocenters. The summed E-state index contributed by atoms with van der Waals surface area (Å²) in [6.07, 6.45) is 3.53. The molecule has 1 unspecified atom stereocenters. The van der Waals surface area contributed by atoms with E-state index < -0.39 is 0 Å². The minimum Gasteiger partial charge on any atom is -0.490 e. The Morgan fingerprint density at radius 1 is 1.56 bits per heavy atom. The van der Waals surface area contributed by atoms with Crippen molar-refractivity contribution in [3.05, 3.63) is 6.33 Å². The van der Waals surface area contributed by atoms with Gasteiger partial charge in [0.15, 0.2) is 11.6 Å². The highest BCUT2D eigenvalue weighted by molar-refractivity contribution is 7.98. The van der Waals surface area contributed by atoms with Crippen LogP contribution in [-0.2, 0) is 0 Å². The summed E-state index contributed by atoms with van der Waals surface area (Å²) in [6.45, 7) is 3.02. The van der Waals surface area contributed by atoms with Crippen LogP contribution in [0.3, 0.4) is 0 Å². The molecule has 0 aromatic carbocycles. The zero-order chi connectivity index (χ0) is 12.0. The molecular formula is C10H18N4OS. The highest BCUT2D eigenvalue weighted by atomic mass is 32.2. The van der Waals surface area contributed by atoms with Crippen molar-refractivity contribution in [2.24, 2.45) is 5.92 Å². The SMILES string of the molecule is COc1c(N)ncnc1NCC(C)CSC. The Bertz CT molecular complexity index is 335. The average Bonchev–Trinajstić information content (AvgIpc) is 2.27. The van der Waals surface area contributed by atoms with E-state index in [4.69, 9.17) is 10.5 Å². The van der Waals surface area contributed by atoms with E-state index in [1.54, 1.807) is 7.11 Å². The minimum absolute atomic E-state index is 0.359. The summed E-state index contributed by atoms with van der Waals surface area (Å²) in [5.41, 5.74) is 5.68. The molecular weight excluding hydrogens is 224 g/mol. The lowest BCUT2D eigenvalue weighted by Crippen LogP contribution is -2.15. The Balaban J connectivity index is 2.63. The van der Waals surface area contributed by atoms with Gasteiger partial charge >= 0.3 is 0 Å². The molecule has 1 aromatic rings. The monoisotopic (exact) mass is 242 g/mol. The number of ether oxygens (including phenoxy) is 1. The Hall–Kier alpha value is -1.17. The summed E-state index contributed by atoms with van der Waals surface area (Å²) >= 11 is 1.83. The molecule has 1 heterocycles. The highest BCUT2D eigenvalue weighted by Crippen LogP contribution is 2.26. The second-order valence-electron chi connectivity index (χ2n) is 3.58. The third-order valence-corrected chi connectivity index (χ3v) is 3.01. The van der Waals surface area contributed by atoms with Crippen LogP contribution in [-0.4, -0.2) is 35.6 Å². The fraction of sp³-hybridized carbons (Fsp3) is 0.600. The maximum atomic E-state index is 5.68. The molecule has 6 heteroatoms. The van der Waals surface area contributed by atoms with E-state index in [9.17, 15) is 0 Å². The van der Waals surface area contributed by atoms with E-state index in [0.29, 0.717) is 23.3 Å². The zero-order valence-electron chi connectivity index (χ0n) is 9.86. The lowest BCUT2D eigenvalue weighted by Gasteiger charge is -2.14. The van der Waals surface area contributed by atoms with Gasteiger partial charge in [0.2, 0.25) is 5.75 Å². The lowest BCUT2D eigenvalue weighted by atomic mass is 10.2. The third-order valence-electron chi connectivity index (χ3n) is 2.10. The smallest absolute Gasteiger partial charge is 0.203 e. The third kappa shape index (κ3) is 3.44. The van der Waals surface area contributed by atoms with Crippen molar-refractivity contribution in [1.82, 2.24) is 9.97 Å². The standard InChI is InChI=1S/C10H18N4OS/c1-7(5-16-3)4-12-10-8(15-2)9(11)13-6-14-10/h6-7H,4-5H2,1-3H3,(H3,11,12,13,14). The Morgan fingerprint density at radius 2 is 2.31 bits per heavy atom. The Kier molecular flexibility index (Phi) is 5.18. The fourth-order valence-electron chi connectivity index (χ4n) is 1.33. The Morgan fingerprint density at radius 3 is 2.94 bits per heavy atom. The van der Waals surface area contributed by atoms with Crippen LogP contribution in [0.15, 0.2) is 6.33 Å². The topological polar surface area (TPSA) is 73.1 Å². The van der Waals surface area contributed by atoms with Crippen LogP contribution in [0, 0.1) is 5.92 Å². The first kappa shape index (κ1) is 12.9. The lowest BCUT2D eigenvalue weighted by molar-refractivity contribution is 0.415. The summed E-state index contributed by atoms with van der Waals surface area (Å²) in [6, 6.07) is 0. The molecule has 0 saturated heterocycles. The van der Waals surface area contributed by atoms with Crippen molar-refractivity contribution < 1.29 is 4.74 Å². The van der Waals surface area contributed by atoms with Crippen molar-refractivity contribution in [2.75, 3.05) is 36.7 Å². The predicted octanol–water partition coefficient (Wildman–Crippen LogP) is 1.48. The van der Waals surface area contributed by atoms with Crippen LogP contribution < -0.4 is 15.8 Å². The number of nitrogens with two attached hydrogens (primary N) is 1. The maximum absolute atomic E-state index is 5.68. The largest absolute Gasteiger partial charge is 0.490 e. The van der Waals surface area contributed by atoms with Gasteiger partial charge in [-0.3, -0.25) is 0 Å². The molecule has 0 amide bonds. The molecule has 0 radical (unpaired) electrons. The van der Waals surface area contributed by atoms with E-state index in [0.717, 1.165) is 12.3 Å². The number of nitrogens with one attached hydrogen (secondary N) is 1. The van der Waals surface area contributed by atoms with E-state index in [2.05, 4.69) is 28.5 Å². The summed E-state index contributed by atoms with van der Waals surface area (Å²) < 4.78 is 5.15. The van der Waals surface area contributed by atoms with E-state index in [1.165, 1.54) is 6.33 Å². The van der Waals surface area contributed by atoms with Gasteiger partial charge in [0, 0.05) is 6.54 Å². The van der Waals surface area contributed by atoms with Crippen molar-refractivity contribution in [2.45, 2.75) is 6.92 Å². The summed E-state index contributed by atoms with van der Waals surface area (Å²) in [5, 5.41) is 3.22. The minimum atomic E-state index is 0.359. The number of methoxy groups -OCH3 is 1. The summed E-state index contributed by atoms with van der Waals surface area (Å²) in [4.78, 5) is 7.98. The molecule has 90 valence electrons. The van der Waals surface area contributed by atoms with Gasteiger partial charge in [-0.25, -0.2) is 9.97 Å². The van der Waals surface area contributed by atoms with Crippen LogP contribution >= 0.6 is 11.8 Å². The molecule has 0 aliphatic carbocycles. The second-order valence-corrected chi connectivity index (χ2v) is 4.49. The normalized spacial score (nSPS) is 12.2. The molecule has 5 nitrogen and oxygen atoms in total. The average molecular weight is 242 g/mol. The molecule has 0 fully saturated rings. The van der Waals surface area contributed by atoms with Crippen LogP contribution in [0.1, 0.15) is 6.92 Å². The molecule has 0 spiro atoms. The number of hydrogen-bond donors (Lipinski definition) is 2. The van der Waals surface area contributed by atoms with Crippen LogP contribution in [0.4, 0.5) is 11.6 Å². The number of nitrogens with zero attached hydrogens (tertiary/aromatic N) is 2. The van der Waals surface area contributed by atoms with Crippen molar-refractivity contribution >= 4 is 23.4 Å². The second kappa shape index (κ2) is 6.42. The van der Waals surface area contributed by atoms with Crippen molar-refractivity contribution in [1.29, 1.82) is 0 Å². The Labute approximate surface area is 100 Å². The van der Waals surface area contributed by atoms with Gasteiger partial charge in [0.1, 0.15) is 6.33 Å². The highest BCUT2D eigenvalue weighted by Gasteiger charge is 2.10. The first-order chi connectivity index (χ1) is 7.69. The van der Waals surface area contributed by atoms with Crippen LogP contribution in [0.5, 0.6) is 5.75 Å². The van der Waals surface area contributed by atoms with Gasteiger partial charge in [-0.1, -0.05) is 6.92 Å². The van der Waals surface area contributed by atoms with E-state index >= 15 is 0 Å². The van der Waals surface area contributed by atoms with E-state index in [-0.39, 0.29) is 0 Å². The molecule has 0 aliphatic heterocycles. The molecule has 3 N–H and O–H groups in total. The van der Waals surface area contributed by atoms with Gasteiger partial charge < -0.3 is 15.8 Å². The number of thioether (sulfide) groups is 1. The number of hydrogen-bond acceptors (Lipinski definition) is 6. The molecule has 0 aliphatic rings. The van der Waals surface area contributed by atoms with Gasteiger partial charge in [0.25, 0.3) is 0 Å². The molecule has 0 bridgehead atoms. The number of aromatic nitrogens is 2. The van der Waals surface area contributed by atoms with Gasteiger partial charge in [-0.2, -0.15) is 11.8 Å². The maximum Gasteiger partial charge on any atom is 0.203 e. The molecule has 16 heavy (non-hydrogen) atoms. The number of anilines is 2. The van der Waals surface area contributed by atoms with Gasteiger partial charge in [-0.15, -0.1) is 0 Å². The van der Waals surface area contributed by atoms with Gasteiger partial charge in [-0.05, 0) is 17.9 Å². The van der Waals surface area contributed by atoms with Crippen LogP contribution in [0.25, 0.3) is 0 Å². The van der Waals surface area contributed by atoms with Crippen LogP contribution in [0.2, 0.25) is 0 Å². The van der Waals surface area contributed by atoms with E-state index in [1.807, 2.05) is 11.8 Å². The quantitative estimate of drug-likeness (QED) is 0.787. The molecule has 0 saturated carbocycles. The van der Waals surface area contributed by atoms with Crippen molar-refractivity contribution in [3.63, 3.8) is 0 Å². The molecule has 1 rings (SSSR count). The van der Waals surface area contributed by atoms with Gasteiger partial charge in [0.05, 0.1) is 7.11 Å². The first-order valence-electron chi connectivity index (χ1n) is 5.06. The number of nitrogen functional groups attached to an aromatic ring is 1. The first-order valence-corrected chi connectivity index (χ1v) is 6.45. The summed E-state index contributed by atoms with van der Waals surface area (Å²) in [5.74, 6) is 3.20. The van der Waals surface area contributed by atoms with Crippen molar-refractivity contribution in [3.8, 4) is 5.75 Å². The summed E-state index contributed by atoms with van der Waals surface area (Å²) in [7, 11) is 1.56.